The standard InChI is InChI=1S/C19H15F3N2/c20-19(21,22)18-15(12-6-8-14(23)9-7-12)10-11-16(24)17(18)13-4-2-1-3-5-13/h1-11H,23-24H2. The lowest BCUT2D eigenvalue weighted by Crippen LogP contribution is -2.11. The molecule has 0 radical (unpaired) electrons. The SMILES string of the molecule is Nc1ccc(-c2ccc(N)c(-c3ccccc3)c2C(F)(F)F)cc1. The van der Waals surface area contributed by atoms with Crippen molar-refractivity contribution in [3.05, 3.63) is 72.3 Å². The van der Waals surface area contributed by atoms with E-state index in [0.29, 0.717) is 16.8 Å². The van der Waals surface area contributed by atoms with Crippen LogP contribution < -0.4 is 11.5 Å². The van der Waals surface area contributed by atoms with Crippen LogP contribution in [0.15, 0.2) is 66.7 Å². The number of halogens is 3. The van der Waals surface area contributed by atoms with Crippen molar-refractivity contribution >= 4 is 11.4 Å². The van der Waals surface area contributed by atoms with Gasteiger partial charge in [0.25, 0.3) is 0 Å². The van der Waals surface area contributed by atoms with E-state index in [1.807, 2.05) is 0 Å². The third-order valence-corrected chi connectivity index (χ3v) is 3.81. The Morgan fingerprint density at radius 2 is 1.29 bits per heavy atom. The predicted molar refractivity (Wildman–Crippen MR) is 91.1 cm³/mol. The average molecular weight is 328 g/mol. The molecule has 0 aliphatic carbocycles. The van der Waals surface area contributed by atoms with Gasteiger partial charge in [0, 0.05) is 16.9 Å². The van der Waals surface area contributed by atoms with E-state index in [1.54, 1.807) is 54.6 Å². The highest BCUT2D eigenvalue weighted by Crippen LogP contribution is 2.45. The van der Waals surface area contributed by atoms with Crippen molar-refractivity contribution in [1.29, 1.82) is 0 Å². The number of nitrogen functional groups attached to an aromatic ring is 2. The number of hydrogen-bond donors (Lipinski definition) is 2. The normalized spacial score (nSPS) is 11.5. The average Bonchev–Trinajstić information content (AvgIpc) is 2.55. The van der Waals surface area contributed by atoms with Crippen LogP contribution >= 0.6 is 0 Å². The van der Waals surface area contributed by atoms with Crippen molar-refractivity contribution in [1.82, 2.24) is 0 Å². The zero-order chi connectivity index (χ0) is 17.3. The Morgan fingerprint density at radius 3 is 1.88 bits per heavy atom. The van der Waals surface area contributed by atoms with Crippen molar-refractivity contribution < 1.29 is 13.2 Å². The van der Waals surface area contributed by atoms with Gasteiger partial charge >= 0.3 is 6.18 Å². The van der Waals surface area contributed by atoms with Gasteiger partial charge in [-0.1, -0.05) is 48.5 Å². The van der Waals surface area contributed by atoms with Crippen LogP contribution in [0.2, 0.25) is 0 Å². The minimum absolute atomic E-state index is 0.00238. The van der Waals surface area contributed by atoms with Crippen molar-refractivity contribution in [2.24, 2.45) is 0 Å². The molecule has 0 saturated heterocycles. The first-order valence-electron chi connectivity index (χ1n) is 7.29. The molecule has 5 heteroatoms. The second kappa shape index (κ2) is 5.92. The molecule has 0 saturated carbocycles. The lowest BCUT2D eigenvalue weighted by atomic mass is 9.90. The van der Waals surface area contributed by atoms with E-state index >= 15 is 0 Å². The molecule has 0 aliphatic rings. The van der Waals surface area contributed by atoms with E-state index in [-0.39, 0.29) is 16.8 Å². The Kier molecular flexibility index (Phi) is 3.93. The highest BCUT2D eigenvalue weighted by Gasteiger charge is 2.37. The molecule has 3 rings (SSSR count). The molecule has 122 valence electrons. The second-order valence-electron chi connectivity index (χ2n) is 5.44. The molecule has 2 nitrogen and oxygen atoms in total. The van der Waals surface area contributed by atoms with Gasteiger partial charge in [-0.25, -0.2) is 0 Å². The topological polar surface area (TPSA) is 52.0 Å². The van der Waals surface area contributed by atoms with Gasteiger partial charge in [-0.15, -0.1) is 0 Å². The molecule has 0 spiro atoms. The van der Waals surface area contributed by atoms with Crippen LogP contribution in [0.5, 0.6) is 0 Å². The molecule has 0 aromatic heterocycles. The zero-order valence-electron chi connectivity index (χ0n) is 12.6. The fourth-order valence-electron chi connectivity index (χ4n) is 2.73. The van der Waals surface area contributed by atoms with Crippen LogP contribution in [0.1, 0.15) is 5.56 Å². The smallest absolute Gasteiger partial charge is 0.399 e. The summed E-state index contributed by atoms with van der Waals surface area (Å²) in [7, 11) is 0. The van der Waals surface area contributed by atoms with E-state index in [2.05, 4.69) is 0 Å². The maximum absolute atomic E-state index is 13.9. The molecule has 3 aromatic rings. The lowest BCUT2D eigenvalue weighted by molar-refractivity contribution is -0.136. The van der Waals surface area contributed by atoms with Gasteiger partial charge in [0.2, 0.25) is 0 Å². The summed E-state index contributed by atoms with van der Waals surface area (Å²) < 4.78 is 41.6. The number of anilines is 2. The first kappa shape index (κ1) is 15.9. The van der Waals surface area contributed by atoms with Crippen molar-refractivity contribution in [2.45, 2.75) is 6.18 Å². The summed E-state index contributed by atoms with van der Waals surface area (Å²) in [5, 5.41) is 0. The Hall–Kier alpha value is -2.95. The van der Waals surface area contributed by atoms with Crippen LogP contribution in [0.3, 0.4) is 0 Å². The Morgan fingerprint density at radius 1 is 0.667 bits per heavy atom. The van der Waals surface area contributed by atoms with Crippen LogP contribution in [0, 0.1) is 0 Å². The highest BCUT2D eigenvalue weighted by molar-refractivity contribution is 5.87. The number of benzene rings is 3. The largest absolute Gasteiger partial charge is 0.417 e. The van der Waals surface area contributed by atoms with Crippen LogP contribution in [-0.4, -0.2) is 0 Å². The van der Waals surface area contributed by atoms with Gasteiger partial charge in [-0.2, -0.15) is 13.2 Å². The van der Waals surface area contributed by atoms with Gasteiger partial charge in [0.05, 0.1) is 5.56 Å². The number of hydrogen-bond acceptors (Lipinski definition) is 2. The molecule has 0 aliphatic heterocycles. The molecule has 0 amide bonds. The fraction of sp³-hybridized carbons (Fsp3) is 0.0526. The Bertz CT molecular complexity index is 854. The molecule has 0 fully saturated rings. The first-order valence-corrected chi connectivity index (χ1v) is 7.29. The first-order chi connectivity index (χ1) is 11.4. The van der Waals surface area contributed by atoms with Gasteiger partial charge in [0.15, 0.2) is 0 Å². The number of nitrogens with two attached hydrogens (primary N) is 2. The highest BCUT2D eigenvalue weighted by atomic mass is 19.4. The van der Waals surface area contributed by atoms with Crippen LogP contribution in [0.25, 0.3) is 22.3 Å². The number of alkyl halides is 3. The van der Waals surface area contributed by atoms with E-state index in [0.717, 1.165) is 0 Å². The molecule has 0 atom stereocenters. The lowest BCUT2D eigenvalue weighted by Gasteiger charge is -2.20. The van der Waals surface area contributed by atoms with Crippen LogP contribution in [0.4, 0.5) is 24.5 Å². The molecule has 4 N–H and O–H groups in total. The minimum atomic E-state index is -4.54. The van der Waals surface area contributed by atoms with Crippen molar-refractivity contribution in [2.75, 3.05) is 11.5 Å². The Balaban J connectivity index is 2.34. The maximum atomic E-state index is 13.9. The monoisotopic (exact) mass is 328 g/mol. The van der Waals surface area contributed by atoms with E-state index in [1.165, 1.54) is 12.1 Å². The van der Waals surface area contributed by atoms with Gasteiger partial charge < -0.3 is 11.5 Å². The predicted octanol–water partition coefficient (Wildman–Crippen LogP) is 5.20. The zero-order valence-corrected chi connectivity index (χ0v) is 12.6. The molecule has 3 aromatic carbocycles. The fourth-order valence-corrected chi connectivity index (χ4v) is 2.73. The summed E-state index contributed by atoms with van der Waals surface area (Å²) in [6.45, 7) is 0. The molecule has 24 heavy (non-hydrogen) atoms. The summed E-state index contributed by atoms with van der Waals surface area (Å²) >= 11 is 0. The van der Waals surface area contributed by atoms with Gasteiger partial charge in [0.1, 0.15) is 0 Å². The summed E-state index contributed by atoms with van der Waals surface area (Å²) in [5.74, 6) is 0. The third-order valence-electron chi connectivity index (χ3n) is 3.81. The van der Waals surface area contributed by atoms with Crippen LogP contribution in [-0.2, 0) is 6.18 Å². The summed E-state index contributed by atoms with van der Waals surface area (Å²) in [6, 6.07) is 17.6. The summed E-state index contributed by atoms with van der Waals surface area (Å²) in [6.07, 6.45) is -4.54. The molecular formula is C19H15F3N2. The molecular weight excluding hydrogens is 313 g/mol. The Labute approximate surface area is 137 Å². The second-order valence-corrected chi connectivity index (χ2v) is 5.44. The molecule has 0 bridgehead atoms. The molecule has 0 unspecified atom stereocenters. The molecule has 0 heterocycles. The number of rotatable bonds is 2. The van der Waals surface area contributed by atoms with Gasteiger partial charge in [-0.3, -0.25) is 0 Å². The third kappa shape index (κ3) is 2.93. The van der Waals surface area contributed by atoms with Crippen molar-refractivity contribution in [3.8, 4) is 22.3 Å². The quantitative estimate of drug-likeness (QED) is 0.635. The van der Waals surface area contributed by atoms with Gasteiger partial charge in [-0.05, 0) is 34.9 Å². The maximum Gasteiger partial charge on any atom is 0.417 e. The summed E-state index contributed by atoms with van der Waals surface area (Å²) in [4.78, 5) is 0. The minimum Gasteiger partial charge on any atom is -0.399 e. The summed E-state index contributed by atoms with van der Waals surface area (Å²) in [5.41, 5.74) is 12.3. The van der Waals surface area contributed by atoms with E-state index < -0.39 is 11.7 Å². The van der Waals surface area contributed by atoms with Crippen molar-refractivity contribution in [3.63, 3.8) is 0 Å². The van der Waals surface area contributed by atoms with E-state index in [4.69, 9.17) is 11.5 Å². The van der Waals surface area contributed by atoms with E-state index in [9.17, 15) is 13.2 Å².